The van der Waals surface area contributed by atoms with E-state index >= 15 is 0 Å². The molecule has 2 N–H and O–H groups in total. The molecule has 1 heterocycles. The smallest absolute Gasteiger partial charge is 0.323 e. The van der Waals surface area contributed by atoms with Crippen LogP contribution in [0.3, 0.4) is 0 Å². The van der Waals surface area contributed by atoms with Crippen LogP contribution in [0.4, 0.5) is 0 Å². The average Bonchev–Trinajstić information content (AvgIpc) is 2.37. The highest BCUT2D eigenvalue weighted by Crippen LogP contribution is 2.14. The van der Waals surface area contributed by atoms with Crippen molar-refractivity contribution in [1.29, 1.82) is 0 Å². The number of nitrogens with zero attached hydrogens (tertiary/aromatic N) is 1. The molecular formula is C11H16N2O3S. The summed E-state index contributed by atoms with van der Waals surface area (Å²) in [6.45, 7) is 0. The second-order valence-corrected chi connectivity index (χ2v) is 4.35. The van der Waals surface area contributed by atoms with Gasteiger partial charge < -0.3 is 15.2 Å². The first-order chi connectivity index (χ1) is 8.17. The van der Waals surface area contributed by atoms with Gasteiger partial charge in [0.25, 0.3) is 0 Å². The van der Waals surface area contributed by atoms with Gasteiger partial charge in [0.2, 0.25) is 5.88 Å². The Balaban J connectivity index is 2.37. The predicted molar refractivity (Wildman–Crippen MR) is 66.9 cm³/mol. The van der Waals surface area contributed by atoms with Crippen LogP contribution in [-0.4, -0.2) is 37.0 Å². The third kappa shape index (κ3) is 4.62. The summed E-state index contributed by atoms with van der Waals surface area (Å²) in [6, 6.07) is 4.98. The first-order valence-electron chi connectivity index (χ1n) is 5.08. The van der Waals surface area contributed by atoms with E-state index in [1.165, 1.54) is 18.9 Å². The van der Waals surface area contributed by atoms with Crippen LogP contribution in [-0.2, 0) is 15.3 Å². The molecule has 1 aromatic rings. The van der Waals surface area contributed by atoms with Crippen molar-refractivity contribution in [2.24, 2.45) is 5.73 Å². The maximum Gasteiger partial charge on any atom is 0.323 e. The molecular weight excluding hydrogens is 240 g/mol. The van der Waals surface area contributed by atoms with Crippen LogP contribution in [0.2, 0.25) is 0 Å². The number of pyridine rings is 1. The molecule has 1 rings (SSSR count). The van der Waals surface area contributed by atoms with Crippen LogP contribution in [0.15, 0.2) is 18.2 Å². The van der Waals surface area contributed by atoms with Gasteiger partial charge in [0.1, 0.15) is 6.04 Å². The summed E-state index contributed by atoms with van der Waals surface area (Å²) >= 11 is 1.53. The van der Waals surface area contributed by atoms with E-state index in [9.17, 15) is 4.79 Å². The Labute approximate surface area is 105 Å². The van der Waals surface area contributed by atoms with Crippen molar-refractivity contribution >= 4 is 17.7 Å². The van der Waals surface area contributed by atoms with E-state index in [1.54, 1.807) is 13.2 Å². The van der Waals surface area contributed by atoms with E-state index in [-0.39, 0.29) is 0 Å². The van der Waals surface area contributed by atoms with E-state index < -0.39 is 12.0 Å². The molecule has 0 aliphatic rings. The summed E-state index contributed by atoms with van der Waals surface area (Å²) in [7, 11) is 2.91. The summed E-state index contributed by atoms with van der Waals surface area (Å²) in [4.78, 5) is 15.3. The molecule has 0 fully saturated rings. The molecule has 0 bridgehead atoms. The molecule has 0 saturated carbocycles. The van der Waals surface area contributed by atoms with Gasteiger partial charge in [-0.1, -0.05) is 6.07 Å². The van der Waals surface area contributed by atoms with Crippen molar-refractivity contribution in [3.05, 3.63) is 23.9 Å². The van der Waals surface area contributed by atoms with Crippen molar-refractivity contribution in [1.82, 2.24) is 4.98 Å². The quantitative estimate of drug-likeness (QED) is 0.760. The van der Waals surface area contributed by atoms with E-state index in [1.807, 2.05) is 12.1 Å². The van der Waals surface area contributed by atoms with Gasteiger partial charge >= 0.3 is 5.97 Å². The maximum absolute atomic E-state index is 11.1. The third-order valence-corrected chi connectivity index (χ3v) is 3.14. The lowest BCUT2D eigenvalue weighted by molar-refractivity contribution is -0.141. The Morgan fingerprint density at radius 3 is 2.94 bits per heavy atom. The minimum Gasteiger partial charge on any atom is -0.481 e. The Bertz CT molecular complexity index is 373. The van der Waals surface area contributed by atoms with Crippen LogP contribution < -0.4 is 10.5 Å². The van der Waals surface area contributed by atoms with E-state index in [0.717, 1.165) is 5.69 Å². The standard InChI is InChI=1S/C11H16N2O3S/c1-15-10-5-3-4-8(13-10)6-17-7-9(12)11(14)16-2/h3-5,9H,6-7,12H2,1-2H3. The van der Waals surface area contributed by atoms with Gasteiger partial charge in [0, 0.05) is 17.6 Å². The molecule has 5 nitrogen and oxygen atoms in total. The van der Waals surface area contributed by atoms with Crippen molar-refractivity contribution in [3.63, 3.8) is 0 Å². The third-order valence-electron chi connectivity index (χ3n) is 2.04. The number of thioether (sulfide) groups is 1. The lowest BCUT2D eigenvalue weighted by atomic mass is 10.4. The summed E-state index contributed by atoms with van der Waals surface area (Å²) in [5.74, 6) is 1.38. The van der Waals surface area contributed by atoms with Crippen molar-refractivity contribution < 1.29 is 14.3 Å². The summed E-state index contributed by atoms with van der Waals surface area (Å²) in [5, 5.41) is 0. The average molecular weight is 256 g/mol. The number of hydrogen-bond acceptors (Lipinski definition) is 6. The lowest BCUT2D eigenvalue weighted by Crippen LogP contribution is -2.33. The molecule has 1 unspecified atom stereocenters. The Morgan fingerprint density at radius 1 is 1.53 bits per heavy atom. The van der Waals surface area contributed by atoms with E-state index in [0.29, 0.717) is 17.4 Å². The molecule has 6 heteroatoms. The number of aromatic nitrogens is 1. The molecule has 17 heavy (non-hydrogen) atoms. The van der Waals surface area contributed by atoms with Gasteiger partial charge in [0.05, 0.1) is 19.9 Å². The molecule has 94 valence electrons. The number of nitrogens with two attached hydrogens (primary N) is 1. The lowest BCUT2D eigenvalue weighted by Gasteiger charge is -2.08. The fourth-order valence-electron chi connectivity index (χ4n) is 1.16. The van der Waals surface area contributed by atoms with Gasteiger partial charge in [-0.3, -0.25) is 4.79 Å². The normalized spacial score (nSPS) is 11.9. The van der Waals surface area contributed by atoms with Crippen LogP contribution >= 0.6 is 11.8 Å². The monoisotopic (exact) mass is 256 g/mol. The highest BCUT2D eigenvalue weighted by Gasteiger charge is 2.13. The summed E-state index contributed by atoms with van der Waals surface area (Å²) in [6.07, 6.45) is 0. The van der Waals surface area contributed by atoms with Crippen molar-refractivity contribution in [3.8, 4) is 5.88 Å². The molecule has 0 radical (unpaired) electrons. The zero-order valence-corrected chi connectivity index (χ0v) is 10.7. The summed E-state index contributed by atoms with van der Waals surface area (Å²) < 4.78 is 9.56. The zero-order valence-electron chi connectivity index (χ0n) is 9.88. The fourth-order valence-corrected chi connectivity index (χ4v) is 2.04. The van der Waals surface area contributed by atoms with Crippen LogP contribution in [0.25, 0.3) is 0 Å². The highest BCUT2D eigenvalue weighted by atomic mass is 32.2. The van der Waals surface area contributed by atoms with E-state index in [4.69, 9.17) is 10.5 Å². The topological polar surface area (TPSA) is 74.4 Å². The van der Waals surface area contributed by atoms with Gasteiger partial charge in [-0.15, -0.1) is 0 Å². The minimum atomic E-state index is -0.587. The van der Waals surface area contributed by atoms with Gasteiger partial charge in [-0.05, 0) is 6.07 Å². The van der Waals surface area contributed by atoms with Crippen LogP contribution in [0.5, 0.6) is 5.88 Å². The highest BCUT2D eigenvalue weighted by molar-refractivity contribution is 7.98. The largest absolute Gasteiger partial charge is 0.481 e. The number of ether oxygens (including phenoxy) is 2. The van der Waals surface area contributed by atoms with Gasteiger partial charge in [0.15, 0.2) is 0 Å². The van der Waals surface area contributed by atoms with Crippen molar-refractivity contribution in [2.75, 3.05) is 20.0 Å². The second kappa shape index (κ2) is 7.13. The Hall–Kier alpha value is -1.27. The van der Waals surface area contributed by atoms with Gasteiger partial charge in [-0.25, -0.2) is 4.98 Å². The molecule has 0 spiro atoms. The van der Waals surface area contributed by atoms with E-state index in [2.05, 4.69) is 9.72 Å². The predicted octanol–water partition coefficient (Wildman–Crippen LogP) is 0.824. The minimum absolute atomic E-state index is 0.392. The second-order valence-electron chi connectivity index (χ2n) is 3.32. The Kier molecular flexibility index (Phi) is 5.79. The SMILES string of the molecule is COC(=O)C(N)CSCc1cccc(OC)n1. The van der Waals surface area contributed by atoms with Crippen molar-refractivity contribution in [2.45, 2.75) is 11.8 Å². The van der Waals surface area contributed by atoms with Crippen LogP contribution in [0, 0.1) is 0 Å². The maximum atomic E-state index is 11.1. The zero-order chi connectivity index (χ0) is 12.7. The van der Waals surface area contributed by atoms with Gasteiger partial charge in [-0.2, -0.15) is 11.8 Å². The first kappa shape index (κ1) is 13.8. The Morgan fingerprint density at radius 2 is 2.29 bits per heavy atom. The molecule has 0 saturated heterocycles. The number of hydrogen-bond donors (Lipinski definition) is 1. The summed E-state index contributed by atoms with van der Waals surface area (Å²) in [5.41, 5.74) is 6.50. The molecule has 1 aromatic heterocycles. The molecule has 0 aromatic carbocycles. The number of methoxy groups -OCH3 is 2. The molecule has 0 amide bonds. The number of carbonyl (C=O) groups excluding carboxylic acids is 1. The molecule has 0 aliphatic carbocycles. The number of esters is 1. The number of rotatable bonds is 6. The molecule has 0 aliphatic heterocycles. The number of carbonyl (C=O) groups is 1. The van der Waals surface area contributed by atoms with Crippen LogP contribution in [0.1, 0.15) is 5.69 Å². The first-order valence-corrected chi connectivity index (χ1v) is 6.24. The fraction of sp³-hybridized carbons (Fsp3) is 0.455. The molecule has 1 atom stereocenters.